The summed E-state index contributed by atoms with van der Waals surface area (Å²) in [5.41, 5.74) is 1.60. The van der Waals surface area contributed by atoms with Crippen molar-refractivity contribution < 1.29 is 40.6 Å². The topological polar surface area (TPSA) is 125 Å². The number of sulfonamides is 1. The van der Waals surface area contributed by atoms with Gasteiger partial charge in [-0.3, -0.25) is 14.2 Å². The number of fused-ring (bicyclic) bond motifs is 2. The molecule has 2 aliphatic rings. The molecule has 5 heterocycles. The summed E-state index contributed by atoms with van der Waals surface area (Å²) in [7, 11) is -4.01. The average molecular weight is 646 g/mol. The van der Waals surface area contributed by atoms with Crippen LogP contribution < -0.4 is 4.74 Å². The number of hydrogen-bond acceptors (Lipinski definition) is 9. The minimum absolute atomic E-state index is 0.0108. The summed E-state index contributed by atoms with van der Waals surface area (Å²) in [6, 6.07) is 11.4. The van der Waals surface area contributed by atoms with Crippen LogP contribution in [0.2, 0.25) is 0 Å². The summed E-state index contributed by atoms with van der Waals surface area (Å²) in [6.07, 6.45) is -3.66. The van der Waals surface area contributed by atoms with E-state index in [1.807, 2.05) is 0 Å². The Labute approximate surface area is 257 Å². The second kappa shape index (κ2) is 11.4. The van der Waals surface area contributed by atoms with Gasteiger partial charge in [0.15, 0.2) is 11.2 Å². The summed E-state index contributed by atoms with van der Waals surface area (Å²) in [6.45, 7) is 5.60. The molecule has 0 aliphatic carbocycles. The van der Waals surface area contributed by atoms with Gasteiger partial charge in [-0.25, -0.2) is 8.42 Å². The Morgan fingerprint density at radius 2 is 1.87 bits per heavy atom. The van der Waals surface area contributed by atoms with Gasteiger partial charge in [0.25, 0.3) is 0 Å². The van der Waals surface area contributed by atoms with Crippen molar-refractivity contribution in [2.24, 2.45) is 0 Å². The number of hydrogen-bond donors (Lipinski definition) is 0. The van der Waals surface area contributed by atoms with Crippen molar-refractivity contribution in [1.82, 2.24) is 23.9 Å². The molecule has 3 aromatic heterocycles. The lowest BCUT2D eigenvalue weighted by Gasteiger charge is -2.41. The molecule has 15 heteroatoms. The minimum atomic E-state index is -4.71. The lowest BCUT2D eigenvalue weighted by molar-refractivity contribution is -0.165. The molecule has 45 heavy (non-hydrogen) atoms. The molecule has 0 N–H and O–H groups in total. The van der Waals surface area contributed by atoms with Gasteiger partial charge >= 0.3 is 12.1 Å². The smallest absolute Gasteiger partial charge is 0.452 e. The Kier molecular flexibility index (Phi) is 7.82. The summed E-state index contributed by atoms with van der Waals surface area (Å²) in [5, 5.41) is 7.12. The summed E-state index contributed by atoms with van der Waals surface area (Å²) in [4.78, 5) is 17.7. The number of carbonyl (C=O) groups is 1. The Hall–Kier alpha value is -4.08. The SMILES string of the molecule is CCOC(=O)CC(c1ccc(C)c(CN2CC3(COC3)Oc3ccccc3S2(=O)=O)n1)c1ccn2c(C(F)(F)F)nnc2c1C. The number of carbonyl (C=O) groups excluding carboxylic acids is 1. The van der Waals surface area contributed by atoms with Crippen molar-refractivity contribution in [1.29, 1.82) is 0 Å². The van der Waals surface area contributed by atoms with E-state index >= 15 is 0 Å². The van der Waals surface area contributed by atoms with Crippen molar-refractivity contribution in [3.05, 3.63) is 82.6 Å². The van der Waals surface area contributed by atoms with Crippen LogP contribution in [0.5, 0.6) is 5.75 Å². The van der Waals surface area contributed by atoms with Gasteiger partial charge in [0.1, 0.15) is 10.6 Å². The van der Waals surface area contributed by atoms with E-state index in [4.69, 9.17) is 19.2 Å². The molecular weight excluding hydrogens is 615 g/mol. The van der Waals surface area contributed by atoms with Crippen LogP contribution in [0.3, 0.4) is 0 Å². The number of nitrogens with zero attached hydrogens (tertiary/aromatic N) is 5. The molecule has 1 unspecified atom stereocenters. The van der Waals surface area contributed by atoms with Crippen molar-refractivity contribution in [2.45, 2.75) is 56.3 Å². The molecular formula is C30H30F3N5O6S. The highest BCUT2D eigenvalue weighted by molar-refractivity contribution is 7.89. The molecule has 0 amide bonds. The van der Waals surface area contributed by atoms with Gasteiger partial charge in [0.2, 0.25) is 15.8 Å². The van der Waals surface area contributed by atoms with Crippen molar-refractivity contribution in [3.8, 4) is 5.75 Å². The molecule has 0 saturated carbocycles. The second-order valence-electron chi connectivity index (χ2n) is 11.2. The van der Waals surface area contributed by atoms with Crippen LogP contribution in [0, 0.1) is 13.8 Å². The first-order valence-electron chi connectivity index (χ1n) is 14.2. The highest BCUT2D eigenvalue weighted by Crippen LogP contribution is 2.39. The minimum Gasteiger partial charge on any atom is -0.480 e. The molecule has 6 rings (SSSR count). The fourth-order valence-electron chi connectivity index (χ4n) is 5.72. The van der Waals surface area contributed by atoms with Gasteiger partial charge in [-0.15, -0.1) is 10.2 Å². The summed E-state index contributed by atoms with van der Waals surface area (Å²) >= 11 is 0. The largest absolute Gasteiger partial charge is 0.480 e. The van der Waals surface area contributed by atoms with Crippen LogP contribution >= 0.6 is 0 Å². The fourth-order valence-corrected chi connectivity index (χ4v) is 7.31. The third-order valence-electron chi connectivity index (χ3n) is 8.07. The maximum absolute atomic E-state index is 13.9. The molecule has 1 saturated heterocycles. The normalized spacial score (nSPS) is 18.1. The Bertz CT molecular complexity index is 1890. The van der Waals surface area contributed by atoms with Gasteiger partial charge in [0, 0.05) is 17.8 Å². The molecule has 0 bridgehead atoms. The second-order valence-corrected chi connectivity index (χ2v) is 13.1. The third kappa shape index (κ3) is 5.64. The number of halogens is 3. The molecule has 238 valence electrons. The van der Waals surface area contributed by atoms with E-state index in [1.165, 1.54) is 22.6 Å². The van der Waals surface area contributed by atoms with Crippen LogP contribution in [-0.2, 0) is 37.0 Å². The number of aryl methyl sites for hydroxylation is 2. The van der Waals surface area contributed by atoms with Crippen molar-refractivity contribution >= 4 is 21.6 Å². The molecule has 0 radical (unpaired) electrons. The number of benzene rings is 1. The average Bonchev–Trinajstić information content (AvgIpc) is 3.38. The van der Waals surface area contributed by atoms with Gasteiger partial charge in [0.05, 0.1) is 45.0 Å². The van der Waals surface area contributed by atoms with Crippen molar-refractivity contribution in [2.75, 3.05) is 26.4 Å². The van der Waals surface area contributed by atoms with Gasteiger partial charge < -0.3 is 14.2 Å². The van der Waals surface area contributed by atoms with Crippen LogP contribution in [0.4, 0.5) is 13.2 Å². The van der Waals surface area contributed by atoms with E-state index in [9.17, 15) is 26.4 Å². The molecule has 1 atom stereocenters. The molecule has 4 aromatic rings. The van der Waals surface area contributed by atoms with E-state index in [1.54, 1.807) is 51.1 Å². The first-order valence-corrected chi connectivity index (χ1v) is 15.7. The Morgan fingerprint density at radius 3 is 2.56 bits per heavy atom. The maximum Gasteiger partial charge on any atom is 0.452 e. The Morgan fingerprint density at radius 1 is 1.11 bits per heavy atom. The van der Waals surface area contributed by atoms with E-state index in [0.717, 1.165) is 4.40 Å². The van der Waals surface area contributed by atoms with Crippen LogP contribution in [0.25, 0.3) is 5.65 Å². The molecule has 2 aliphatic heterocycles. The Balaban J connectivity index is 1.41. The summed E-state index contributed by atoms with van der Waals surface area (Å²) < 4.78 is 87.3. The lowest BCUT2D eigenvalue weighted by atomic mass is 9.89. The predicted octanol–water partition coefficient (Wildman–Crippen LogP) is 4.20. The van der Waals surface area contributed by atoms with E-state index in [2.05, 4.69) is 10.2 Å². The maximum atomic E-state index is 13.9. The number of ether oxygens (including phenoxy) is 3. The fraction of sp³-hybridized carbons (Fsp3) is 0.400. The monoisotopic (exact) mass is 645 g/mol. The number of rotatable bonds is 7. The predicted molar refractivity (Wildman–Crippen MR) is 153 cm³/mol. The molecule has 1 fully saturated rings. The standard InChI is InChI=1S/C30H30F3N5O6S/c1-4-43-26(39)13-21(20-11-12-38-27(19(20)3)35-36-28(38)30(31,32)33)22-10-9-18(2)23(34-22)14-37-15-29(16-42-17-29)44-24-7-5-6-8-25(24)45(37,40)41/h5-12,21H,4,13-17H2,1-3H3. The number of esters is 1. The third-order valence-corrected chi connectivity index (χ3v) is 9.90. The first kappa shape index (κ1) is 30.9. The highest BCUT2D eigenvalue weighted by Gasteiger charge is 2.49. The van der Waals surface area contributed by atoms with E-state index < -0.39 is 39.5 Å². The number of para-hydroxylation sites is 1. The van der Waals surface area contributed by atoms with Crippen LogP contribution in [0.1, 0.15) is 53.2 Å². The first-order chi connectivity index (χ1) is 21.3. The van der Waals surface area contributed by atoms with Crippen molar-refractivity contribution in [3.63, 3.8) is 0 Å². The molecule has 11 nitrogen and oxygen atoms in total. The molecule has 1 spiro atoms. The van der Waals surface area contributed by atoms with Gasteiger partial charge in [-0.05, 0) is 61.7 Å². The number of aromatic nitrogens is 4. The zero-order chi connectivity index (χ0) is 32.1. The highest BCUT2D eigenvalue weighted by atomic mass is 32.2. The zero-order valence-electron chi connectivity index (χ0n) is 24.7. The van der Waals surface area contributed by atoms with Crippen LogP contribution in [-0.4, -0.2) is 70.2 Å². The molecule has 1 aromatic carbocycles. The number of alkyl halides is 3. The van der Waals surface area contributed by atoms with Crippen LogP contribution in [0.15, 0.2) is 53.6 Å². The quantitative estimate of drug-likeness (QED) is 0.272. The van der Waals surface area contributed by atoms with Gasteiger partial charge in [-0.1, -0.05) is 18.2 Å². The van der Waals surface area contributed by atoms with E-state index in [-0.39, 0.29) is 55.6 Å². The van der Waals surface area contributed by atoms with E-state index in [0.29, 0.717) is 28.1 Å². The number of pyridine rings is 2. The lowest BCUT2D eigenvalue weighted by Crippen LogP contribution is -2.60. The zero-order valence-corrected chi connectivity index (χ0v) is 25.5. The van der Waals surface area contributed by atoms with Gasteiger partial charge in [-0.2, -0.15) is 17.5 Å². The summed E-state index contributed by atoms with van der Waals surface area (Å²) in [5.74, 6) is -2.18.